The number of nitrogens with two attached hydrogens (primary N) is 1. The first-order valence-corrected chi connectivity index (χ1v) is 13.3. The van der Waals surface area contributed by atoms with Crippen LogP contribution < -0.4 is 10.5 Å². The van der Waals surface area contributed by atoms with Gasteiger partial charge in [-0.05, 0) is 43.5 Å². The standard InChI is InChI=1S/C28H31F3N6O3/c1-2-22-25(19-4-6-24(32)33-16-19)26(35-17-34-22)18-3-5-21(23(15-18)40-28(29,30)31)27(38)37-9-7-20(8-10-37)36-11-13-39-14-12-36/h3-6,15-17,20H,2,7-14H2,1H3,(H2,32,33). The minimum atomic E-state index is -4.99. The lowest BCUT2D eigenvalue weighted by molar-refractivity contribution is -0.274. The Kier molecular flexibility index (Phi) is 8.17. The van der Waals surface area contributed by atoms with Crippen molar-refractivity contribution in [3.8, 4) is 28.1 Å². The number of morpholine rings is 1. The SMILES string of the molecule is CCc1ncnc(-c2ccc(C(=O)N3CCC(N4CCOCC4)CC3)c(OC(F)(F)F)c2)c1-c1ccc(N)nc1. The molecular formula is C28H31F3N6O3. The van der Waals surface area contributed by atoms with Gasteiger partial charge in [-0.1, -0.05) is 13.0 Å². The Labute approximate surface area is 230 Å². The number of carbonyl (C=O) groups is 1. The number of anilines is 1. The topological polar surface area (TPSA) is 107 Å². The van der Waals surface area contributed by atoms with Gasteiger partial charge in [-0.2, -0.15) is 0 Å². The second-order valence-corrected chi connectivity index (χ2v) is 9.80. The first kappa shape index (κ1) is 27.8. The van der Waals surface area contributed by atoms with Crippen LogP contribution >= 0.6 is 0 Å². The van der Waals surface area contributed by atoms with Gasteiger partial charge in [0, 0.05) is 55.1 Å². The number of piperidine rings is 1. The lowest BCUT2D eigenvalue weighted by Gasteiger charge is -2.40. The fraction of sp³-hybridized carbons (Fsp3) is 0.429. The van der Waals surface area contributed by atoms with E-state index in [0.717, 1.165) is 25.9 Å². The van der Waals surface area contributed by atoms with Crippen molar-refractivity contribution in [3.05, 3.63) is 54.1 Å². The van der Waals surface area contributed by atoms with Crippen molar-refractivity contribution in [2.45, 2.75) is 38.6 Å². The van der Waals surface area contributed by atoms with Crippen LogP contribution in [0.1, 0.15) is 35.8 Å². The van der Waals surface area contributed by atoms with Gasteiger partial charge in [-0.3, -0.25) is 9.69 Å². The van der Waals surface area contributed by atoms with E-state index < -0.39 is 18.0 Å². The number of alkyl halides is 3. The highest BCUT2D eigenvalue weighted by molar-refractivity contribution is 5.98. The van der Waals surface area contributed by atoms with Gasteiger partial charge in [-0.15, -0.1) is 13.2 Å². The second-order valence-electron chi connectivity index (χ2n) is 9.80. The zero-order chi connectivity index (χ0) is 28.3. The average Bonchev–Trinajstić information content (AvgIpc) is 2.96. The molecule has 2 fully saturated rings. The summed E-state index contributed by atoms with van der Waals surface area (Å²) in [7, 11) is 0. The van der Waals surface area contributed by atoms with Gasteiger partial charge in [0.2, 0.25) is 0 Å². The lowest BCUT2D eigenvalue weighted by Crippen LogP contribution is -2.50. The van der Waals surface area contributed by atoms with Crippen LogP contribution in [-0.4, -0.2) is 82.5 Å². The third-order valence-corrected chi connectivity index (χ3v) is 7.36. The molecule has 2 aliphatic heterocycles. The smallest absolute Gasteiger partial charge is 0.405 e. The Morgan fingerprint density at radius 1 is 1.05 bits per heavy atom. The summed E-state index contributed by atoms with van der Waals surface area (Å²) in [6.45, 7) is 5.89. The number of carbonyl (C=O) groups excluding carboxylic acids is 1. The number of rotatable bonds is 6. The van der Waals surface area contributed by atoms with Gasteiger partial charge in [-0.25, -0.2) is 15.0 Å². The average molecular weight is 557 g/mol. The van der Waals surface area contributed by atoms with Crippen LogP contribution in [0.5, 0.6) is 5.75 Å². The number of ether oxygens (including phenoxy) is 2. The summed E-state index contributed by atoms with van der Waals surface area (Å²) in [6, 6.07) is 7.91. The van der Waals surface area contributed by atoms with Crippen molar-refractivity contribution in [1.29, 1.82) is 0 Å². The van der Waals surface area contributed by atoms with Crippen molar-refractivity contribution in [2.24, 2.45) is 0 Å². The molecule has 0 atom stereocenters. The number of pyridine rings is 1. The van der Waals surface area contributed by atoms with Gasteiger partial charge in [0.25, 0.3) is 5.91 Å². The number of aryl methyl sites for hydroxylation is 1. The maximum atomic E-state index is 13.5. The number of hydrogen-bond acceptors (Lipinski definition) is 8. The molecule has 2 saturated heterocycles. The van der Waals surface area contributed by atoms with E-state index >= 15 is 0 Å². The number of nitrogens with zero attached hydrogens (tertiary/aromatic N) is 5. The zero-order valence-electron chi connectivity index (χ0n) is 22.2. The molecular weight excluding hydrogens is 525 g/mol. The van der Waals surface area contributed by atoms with Crippen LogP contribution in [-0.2, 0) is 11.2 Å². The molecule has 3 aromatic rings. The number of likely N-dealkylation sites (tertiary alicyclic amines) is 1. The highest BCUT2D eigenvalue weighted by Crippen LogP contribution is 2.37. The molecule has 2 N–H and O–H groups in total. The molecule has 12 heteroatoms. The Bertz CT molecular complexity index is 1340. The van der Waals surface area contributed by atoms with E-state index in [4.69, 9.17) is 10.5 Å². The molecule has 9 nitrogen and oxygen atoms in total. The number of halogens is 3. The first-order chi connectivity index (χ1) is 19.2. The zero-order valence-corrected chi connectivity index (χ0v) is 22.2. The van der Waals surface area contributed by atoms with E-state index in [1.54, 1.807) is 29.3 Å². The Morgan fingerprint density at radius 2 is 1.77 bits per heavy atom. The number of aromatic nitrogens is 3. The van der Waals surface area contributed by atoms with E-state index in [0.29, 0.717) is 72.7 Å². The minimum Gasteiger partial charge on any atom is -0.405 e. The van der Waals surface area contributed by atoms with Crippen molar-refractivity contribution in [1.82, 2.24) is 24.8 Å². The number of hydrogen-bond donors (Lipinski definition) is 1. The van der Waals surface area contributed by atoms with Crippen molar-refractivity contribution in [2.75, 3.05) is 45.1 Å². The molecule has 1 aromatic carbocycles. The van der Waals surface area contributed by atoms with Crippen LogP contribution in [0.15, 0.2) is 42.9 Å². The fourth-order valence-corrected chi connectivity index (χ4v) is 5.37. The second kappa shape index (κ2) is 11.8. The van der Waals surface area contributed by atoms with Gasteiger partial charge in [0.15, 0.2) is 0 Å². The number of amides is 1. The van der Waals surface area contributed by atoms with Crippen molar-refractivity contribution in [3.63, 3.8) is 0 Å². The van der Waals surface area contributed by atoms with E-state index in [1.807, 2.05) is 6.92 Å². The molecule has 2 aliphatic rings. The van der Waals surface area contributed by atoms with Crippen LogP contribution in [0.25, 0.3) is 22.4 Å². The molecule has 0 saturated carbocycles. The highest BCUT2D eigenvalue weighted by atomic mass is 19.4. The minimum absolute atomic E-state index is 0.147. The van der Waals surface area contributed by atoms with E-state index in [-0.39, 0.29) is 5.56 Å². The van der Waals surface area contributed by atoms with Crippen LogP contribution in [0.4, 0.5) is 19.0 Å². The van der Waals surface area contributed by atoms with Crippen LogP contribution in [0.3, 0.4) is 0 Å². The maximum absolute atomic E-state index is 13.5. The summed E-state index contributed by atoms with van der Waals surface area (Å²) in [4.78, 5) is 30.3. The summed E-state index contributed by atoms with van der Waals surface area (Å²) < 4.78 is 50.4. The largest absolute Gasteiger partial charge is 0.573 e. The Balaban J connectivity index is 1.46. The first-order valence-electron chi connectivity index (χ1n) is 13.3. The summed E-state index contributed by atoms with van der Waals surface area (Å²) >= 11 is 0. The van der Waals surface area contributed by atoms with Gasteiger partial charge < -0.3 is 20.1 Å². The van der Waals surface area contributed by atoms with Crippen LogP contribution in [0.2, 0.25) is 0 Å². The predicted octanol–water partition coefficient (Wildman–Crippen LogP) is 4.19. The molecule has 40 heavy (non-hydrogen) atoms. The van der Waals surface area contributed by atoms with Gasteiger partial charge >= 0.3 is 6.36 Å². The number of benzene rings is 1. The summed E-state index contributed by atoms with van der Waals surface area (Å²) in [5.74, 6) is -0.729. The molecule has 2 aromatic heterocycles. The van der Waals surface area contributed by atoms with Crippen LogP contribution in [0, 0.1) is 0 Å². The fourth-order valence-electron chi connectivity index (χ4n) is 5.37. The van der Waals surface area contributed by atoms with Crippen molar-refractivity contribution < 1.29 is 27.4 Å². The van der Waals surface area contributed by atoms with E-state index in [9.17, 15) is 18.0 Å². The molecule has 0 spiro atoms. The molecule has 0 unspecified atom stereocenters. The molecule has 0 aliphatic carbocycles. The number of nitrogen functional groups attached to an aromatic ring is 1. The lowest BCUT2D eigenvalue weighted by atomic mass is 9.96. The third kappa shape index (κ3) is 6.18. The van der Waals surface area contributed by atoms with E-state index in [1.165, 1.54) is 18.5 Å². The summed E-state index contributed by atoms with van der Waals surface area (Å²) in [5.41, 5.74) is 8.34. The van der Waals surface area contributed by atoms with Gasteiger partial charge in [0.1, 0.15) is 17.9 Å². The molecule has 4 heterocycles. The quantitative estimate of drug-likeness (QED) is 0.482. The molecule has 1 amide bonds. The third-order valence-electron chi connectivity index (χ3n) is 7.36. The van der Waals surface area contributed by atoms with E-state index in [2.05, 4.69) is 24.6 Å². The maximum Gasteiger partial charge on any atom is 0.573 e. The summed E-state index contributed by atoms with van der Waals surface area (Å²) in [6.07, 6.45) is 0.00363. The monoisotopic (exact) mass is 556 g/mol. The molecule has 0 bridgehead atoms. The van der Waals surface area contributed by atoms with Gasteiger partial charge in [0.05, 0.1) is 30.2 Å². The molecule has 212 valence electrons. The molecule has 5 rings (SSSR count). The summed E-state index contributed by atoms with van der Waals surface area (Å²) in [5, 5.41) is 0. The normalized spacial score (nSPS) is 17.1. The Hall–Kier alpha value is -3.77. The highest BCUT2D eigenvalue weighted by Gasteiger charge is 2.35. The van der Waals surface area contributed by atoms with Crippen molar-refractivity contribution >= 4 is 11.7 Å². The Morgan fingerprint density at radius 3 is 2.42 bits per heavy atom. The molecule has 0 radical (unpaired) electrons. The predicted molar refractivity (Wildman–Crippen MR) is 142 cm³/mol.